The lowest BCUT2D eigenvalue weighted by Gasteiger charge is -2.33. The number of fused-ring (bicyclic) bond motifs is 1. The molecule has 0 spiro atoms. The molecular weight excluding hydrogens is 462 g/mol. The molecule has 1 aliphatic heterocycles. The first kappa shape index (κ1) is 24.5. The van der Waals surface area contributed by atoms with Crippen LogP contribution in [0, 0.1) is 11.3 Å². The molecule has 2 aromatic carbocycles. The molecule has 4 rings (SSSR count). The Bertz CT molecular complexity index is 1220. The van der Waals surface area contributed by atoms with Gasteiger partial charge in [-0.2, -0.15) is 10.4 Å². The molecule has 0 saturated carbocycles. The van der Waals surface area contributed by atoms with Gasteiger partial charge in [-0.15, -0.1) is 0 Å². The molecule has 2 heterocycles. The van der Waals surface area contributed by atoms with Crippen LogP contribution in [0.5, 0.6) is 0 Å². The average molecular weight is 490 g/mol. The minimum Gasteiger partial charge on any atom is -0.339 e. The fourth-order valence-electron chi connectivity index (χ4n) is 4.35. The van der Waals surface area contributed by atoms with Crippen molar-refractivity contribution in [3.63, 3.8) is 0 Å². The molecule has 2 atom stereocenters. The zero-order valence-corrected chi connectivity index (χ0v) is 20.4. The molecule has 8 heteroatoms. The lowest BCUT2D eigenvalue weighted by Crippen LogP contribution is -2.49. The molecule has 0 bridgehead atoms. The van der Waals surface area contributed by atoms with Crippen LogP contribution in [0.3, 0.4) is 0 Å². The number of halogens is 1. The third-order valence-corrected chi connectivity index (χ3v) is 6.41. The first-order chi connectivity index (χ1) is 17.0. The fraction of sp³-hybridized carbons (Fsp3) is 0.333. The molecular formula is C27H28ClN5O2. The normalized spacial score (nSPS) is 15.9. The summed E-state index contributed by atoms with van der Waals surface area (Å²) in [6.45, 7) is 2.42. The van der Waals surface area contributed by atoms with Gasteiger partial charge in [0.1, 0.15) is 11.7 Å². The summed E-state index contributed by atoms with van der Waals surface area (Å²) in [4.78, 5) is 27.7. The number of benzene rings is 2. The zero-order valence-electron chi connectivity index (χ0n) is 19.7. The molecule has 1 aliphatic rings. The highest BCUT2D eigenvalue weighted by molar-refractivity contribution is 6.30. The lowest BCUT2D eigenvalue weighted by atomic mass is 10.1. The molecule has 3 aromatic rings. The Morgan fingerprint density at radius 3 is 2.66 bits per heavy atom. The largest absolute Gasteiger partial charge is 0.339 e. The van der Waals surface area contributed by atoms with Crippen LogP contribution in [-0.2, 0) is 11.2 Å². The molecule has 0 saturated heterocycles. The number of nitriles is 1. The van der Waals surface area contributed by atoms with Crippen LogP contribution in [0.25, 0.3) is 11.3 Å². The van der Waals surface area contributed by atoms with Gasteiger partial charge >= 0.3 is 0 Å². The number of nitrogens with zero attached hydrogens (tertiary/aromatic N) is 4. The Morgan fingerprint density at radius 1 is 1.23 bits per heavy atom. The van der Waals surface area contributed by atoms with E-state index in [4.69, 9.17) is 16.7 Å². The van der Waals surface area contributed by atoms with Gasteiger partial charge in [-0.1, -0.05) is 73.8 Å². The van der Waals surface area contributed by atoms with E-state index >= 15 is 0 Å². The van der Waals surface area contributed by atoms with E-state index in [1.54, 1.807) is 23.1 Å². The van der Waals surface area contributed by atoms with Crippen molar-refractivity contribution in [3.05, 3.63) is 76.9 Å². The van der Waals surface area contributed by atoms with E-state index in [1.807, 2.05) is 47.1 Å². The number of unbranched alkanes of at least 4 members (excludes halogenated alkanes) is 1. The van der Waals surface area contributed by atoms with E-state index in [-0.39, 0.29) is 24.4 Å². The third kappa shape index (κ3) is 5.90. The van der Waals surface area contributed by atoms with E-state index in [1.165, 1.54) is 0 Å². The van der Waals surface area contributed by atoms with Crippen LogP contribution >= 0.6 is 11.6 Å². The predicted octanol–water partition coefficient (Wildman–Crippen LogP) is 4.64. The quantitative estimate of drug-likeness (QED) is 0.474. The summed E-state index contributed by atoms with van der Waals surface area (Å²) in [6.07, 6.45) is 3.27. The maximum Gasteiger partial charge on any atom is 0.272 e. The van der Waals surface area contributed by atoms with Crippen LogP contribution in [0.4, 0.5) is 0 Å². The van der Waals surface area contributed by atoms with Crippen molar-refractivity contribution in [1.29, 1.82) is 5.26 Å². The summed E-state index contributed by atoms with van der Waals surface area (Å²) >= 11 is 6.02. The van der Waals surface area contributed by atoms with Crippen molar-refractivity contribution in [2.24, 2.45) is 0 Å². The second-order valence-corrected chi connectivity index (χ2v) is 9.22. The van der Waals surface area contributed by atoms with Crippen molar-refractivity contribution < 1.29 is 9.59 Å². The van der Waals surface area contributed by atoms with Crippen molar-refractivity contribution in [2.45, 2.75) is 44.7 Å². The van der Waals surface area contributed by atoms with Gasteiger partial charge in [0.25, 0.3) is 5.91 Å². The maximum atomic E-state index is 13.3. The monoisotopic (exact) mass is 489 g/mol. The van der Waals surface area contributed by atoms with Crippen molar-refractivity contribution in [2.75, 3.05) is 13.1 Å². The summed E-state index contributed by atoms with van der Waals surface area (Å²) in [7, 11) is 0. The van der Waals surface area contributed by atoms with Crippen LogP contribution in [0.1, 0.15) is 48.3 Å². The van der Waals surface area contributed by atoms with E-state index < -0.39 is 6.04 Å². The highest BCUT2D eigenvalue weighted by atomic mass is 35.5. The van der Waals surface area contributed by atoms with E-state index in [2.05, 4.69) is 18.3 Å². The van der Waals surface area contributed by atoms with Crippen LogP contribution in [-0.4, -0.2) is 45.6 Å². The van der Waals surface area contributed by atoms with Gasteiger partial charge < -0.3 is 10.2 Å². The van der Waals surface area contributed by atoms with Gasteiger partial charge in [-0.05, 0) is 30.2 Å². The minimum absolute atomic E-state index is 0.0208. The Kier molecular flexibility index (Phi) is 7.84. The molecule has 1 N–H and O–H groups in total. The fourth-order valence-corrected chi connectivity index (χ4v) is 4.48. The van der Waals surface area contributed by atoms with Crippen molar-refractivity contribution >= 4 is 23.4 Å². The van der Waals surface area contributed by atoms with Gasteiger partial charge in [-0.25, -0.2) is 0 Å². The Morgan fingerprint density at radius 2 is 1.97 bits per heavy atom. The number of carbonyl (C=O) groups excluding carboxylic acids is 2. The molecule has 0 fully saturated rings. The second kappa shape index (κ2) is 11.2. The highest BCUT2D eigenvalue weighted by Gasteiger charge is 2.34. The number of hydrogen-bond donors (Lipinski definition) is 1. The van der Waals surface area contributed by atoms with Gasteiger partial charge in [0.15, 0.2) is 0 Å². The van der Waals surface area contributed by atoms with Crippen LogP contribution in [0.15, 0.2) is 60.7 Å². The Hall–Kier alpha value is -3.63. The molecule has 2 amide bonds. The van der Waals surface area contributed by atoms with E-state index in [0.717, 1.165) is 30.4 Å². The lowest BCUT2D eigenvalue weighted by molar-refractivity contribution is -0.122. The number of carbonyl (C=O) groups is 2. The second-order valence-electron chi connectivity index (χ2n) is 8.79. The highest BCUT2D eigenvalue weighted by Crippen LogP contribution is 2.29. The SMILES string of the molecule is CCCCC1CN(CC(=O)NC(C#N)Cc2ccccc2)C(=O)c2cc(-c3ccc(Cl)cc3)nn21. The summed E-state index contributed by atoms with van der Waals surface area (Å²) in [5.74, 6) is -0.585. The molecule has 7 nitrogen and oxygen atoms in total. The number of rotatable bonds is 9. The summed E-state index contributed by atoms with van der Waals surface area (Å²) in [6, 6.07) is 20.1. The third-order valence-electron chi connectivity index (χ3n) is 6.16. The van der Waals surface area contributed by atoms with E-state index in [9.17, 15) is 14.9 Å². The summed E-state index contributed by atoms with van der Waals surface area (Å²) in [5, 5.41) is 17.7. The molecule has 180 valence electrons. The standard InChI is InChI=1S/C27H28ClN5O2/c1-2-3-9-23-17-32(18-26(34)30-22(16-29)14-19-7-5-4-6-8-19)27(35)25-15-24(31-33(23)25)20-10-12-21(28)13-11-20/h4-8,10-13,15,22-23H,2-3,9,14,17-18H2,1H3,(H,30,34). The number of amides is 2. The van der Waals surface area contributed by atoms with Gasteiger partial charge in [-0.3, -0.25) is 14.3 Å². The Labute approximate surface area is 210 Å². The van der Waals surface area contributed by atoms with Gasteiger partial charge in [0.2, 0.25) is 5.91 Å². The molecule has 35 heavy (non-hydrogen) atoms. The molecule has 1 aromatic heterocycles. The maximum absolute atomic E-state index is 13.3. The molecule has 0 aliphatic carbocycles. The minimum atomic E-state index is -0.664. The van der Waals surface area contributed by atoms with Crippen molar-refractivity contribution in [1.82, 2.24) is 20.0 Å². The summed E-state index contributed by atoms with van der Waals surface area (Å²) < 4.78 is 1.81. The zero-order chi connectivity index (χ0) is 24.8. The average Bonchev–Trinajstić information content (AvgIpc) is 3.32. The van der Waals surface area contributed by atoms with Gasteiger partial charge in [0, 0.05) is 23.6 Å². The number of hydrogen-bond acceptors (Lipinski definition) is 4. The topological polar surface area (TPSA) is 91.0 Å². The number of aromatic nitrogens is 2. The first-order valence-corrected chi connectivity index (χ1v) is 12.2. The first-order valence-electron chi connectivity index (χ1n) is 11.9. The van der Waals surface area contributed by atoms with Crippen LogP contribution in [0.2, 0.25) is 5.02 Å². The predicted molar refractivity (Wildman–Crippen MR) is 135 cm³/mol. The molecule has 2 unspecified atom stereocenters. The smallest absolute Gasteiger partial charge is 0.272 e. The summed E-state index contributed by atoms with van der Waals surface area (Å²) in [5.41, 5.74) is 3.01. The van der Waals surface area contributed by atoms with E-state index in [0.29, 0.717) is 29.4 Å². The Balaban J connectivity index is 1.50. The van der Waals surface area contributed by atoms with Gasteiger partial charge in [0.05, 0.1) is 24.3 Å². The number of nitrogens with one attached hydrogen (secondary N) is 1. The molecule has 0 radical (unpaired) electrons. The van der Waals surface area contributed by atoms with Crippen LogP contribution < -0.4 is 5.32 Å². The van der Waals surface area contributed by atoms with Crippen molar-refractivity contribution in [3.8, 4) is 17.3 Å².